The van der Waals surface area contributed by atoms with Crippen LogP contribution in [-0.4, -0.2) is 29.2 Å². The van der Waals surface area contributed by atoms with Crippen molar-refractivity contribution in [2.24, 2.45) is 5.92 Å². The monoisotopic (exact) mass is 316 g/mol. The van der Waals surface area contributed by atoms with Crippen LogP contribution < -0.4 is 10.6 Å². The summed E-state index contributed by atoms with van der Waals surface area (Å²) in [6.45, 7) is 2.92. The molecule has 4 nitrogen and oxygen atoms in total. The van der Waals surface area contributed by atoms with E-state index in [4.69, 9.17) is 0 Å². The molecule has 0 bridgehead atoms. The molecule has 0 amide bonds. The van der Waals surface area contributed by atoms with E-state index >= 15 is 0 Å². The van der Waals surface area contributed by atoms with Crippen LogP contribution in [0, 0.1) is 5.92 Å². The van der Waals surface area contributed by atoms with Gasteiger partial charge < -0.3 is 15.7 Å². The van der Waals surface area contributed by atoms with E-state index in [-0.39, 0.29) is 0 Å². The minimum atomic E-state index is -0.842. The van der Waals surface area contributed by atoms with Gasteiger partial charge in [-0.25, -0.2) is 4.79 Å². The number of hydrogen-bond acceptors (Lipinski definition) is 3. The SMILES string of the molecule is CC[C@@H]1C[C@H]1NC1CCC(NCc2ccccc2C(=O)O)CC1. The Bertz CT molecular complexity index is 538. The maximum Gasteiger partial charge on any atom is 0.336 e. The average molecular weight is 316 g/mol. The first kappa shape index (κ1) is 16.5. The lowest BCUT2D eigenvalue weighted by Crippen LogP contribution is -2.41. The third-order valence-corrected chi connectivity index (χ3v) is 5.45. The number of benzene rings is 1. The molecule has 2 saturated carbocycles. The summed E-state index contributed by atoms with van der Waals surface area (Å²) in [5.41, 5.74) is 1.29. The lowest BCUT2D eigenvalue weighted by atomic mass is 9.90. The molecule has 2 aliphatic rings. The van der Waals surface area contributed by atoms with Crippen molar-refractivity contribution in [3.8, 4) is 0 Å². The van der Waals surface area contributed by atoms with Gasteiger partial charge in [0, 0.05) is 24.7 Å². The highest BCUT2D eigenvalue weighted by Gasteiger charge is 2.37. The third kappa shape index (κ3) is 4.33. The molecule has 0 unspecified atom stereocenters. The molecule has 2 fully saturated rings. The van der Waals surface area contributed by atoms with Crippen LogP contribution in [0.3, 0.4) is 0 Å². The molecule has 0 aromatic heterocycles. The minimum absolute atomic E-state index is 0.412. The summed E-state index contributed by atoms with van der Waals surface area (Å²) >= 11 is 0. The van der Waals surface area contributed by atoms with E-state index in [1.165, 1.54) is 38.5 Å². The van der Waals surface area contributed by atoms with Gasteiger partial charge in [-0.15, -0.1) is 0 Å². The van der Waals surface area contributed by atoms with Gasteiger partial charge in [0.1, 0.15) is 0 Å². The molecule has 0 saturated heterocycles. The molecule has 23 heavy (non-hydrogen) atoms. The number of carboxylic acid groups (broad SMARTS) is 1. The highest BCUT2D eigenvalue weighted by Crippen LogP contribution is 2.34. The standard InChI is InChI=1S/C19H28N2O2/c1-2-13-11-18(13)21-16-9-7-15(8-10-16)20-12-14-5-3-4-6-17(14)19(22)23/h3-6,13,15-16,18,20-21H,2,7-12H2,1H3,(H,22,23)/t13-,15?,16?,18-/m1/s1. The first-order valence-corrected chi connectivity index (χ1v) is 8.98. The van der Waals surface area contributed by atoms with E-state index < -0.39 is 5.97 Å². The van der Waals surface area contributed by atoms with Crippen LogP contribution >= 0.6 is 0 Å². The summed E-state index contributed by atoms with van der Waals surface area (Å²) in [5.74, 6) is 0.0728. The zero-order valence-corrected chi connectivity index (χ0v) is 13.9. The maximum absolute atomic E-state index is 11.2. The normalized spacial score (nSPS) is 30.1. The Labute approximate surface area is 138 Å². The zero-order chi connectivity index (χ0) is 16.2. The van der Waals surface area contributed by atoms with E-state index in [0.717, 1.165) is 17.5 Å². The van der Waals surface area contributed by atoms with E-state index in [9.17, 15) is 9.90 Å². The van der Waals surface area contributed by atoms with Gasteiger partial charge in [0.05, 0.1) is 5.56 Å². The van der Waals surface area contributed by atoms with E-state index in [1.54, 1.807) is 12.1 Å². The maximum atomic E-state index is 11.2. The molecule has 1 aromatic carbocycles. The molecule has 0 radical (unpaired) electrons. The molecule has 4 heteroatoms. The summed E-state index contributed by atoms with van der Waals surface area (Å²) in [7, 11) is 0. The molecule has 1 aromatic rings. The topological polar surface area (TPSA) is 61.4 Å². The van der Waals surface area contributed by atoms with Crippen molar-refractivity contribution in [2.45, 2.75) is 70.1 Å². The van der Waals surface area contributed by atoms with Crippen LogP contribution in [0.2, 0.25) is 0 Å². The van der Waals surface area contributed by atoms with Crippen molar-refractivity contribution >= 4 is 5.97 Å². The number of hydrogen-bond donors (Lipinski definition) is 3. The summed E-state index contributed by atoms with van der Waals surface area (Å²) in [6, 6.07) is 9.24. The summed E-state index contributed by atoms with van der Waals surface area (Å²) in [5, 5.41) is 16.6. The first-order chi connectivity index (χ1) is 11.2. The Balaban J connectivity index is 1.42. The van der Waals surface area contributed by atoms with Crippen molar-refractivity contribution in [1.29, 1.82) is 0 Å². The second-order valence-corrected chi connectivity index (χ2v) is 7.07. The molecule has 3 rings (SSSR count). The zero-order valence-electron chi connectivity index (χ0n) is 13.9. The van der Waals surface area contributed by atoms with Crippen LogP contribution in [-0.2, 0) is 6.54 Å². The number of carbonyl (C=O) groups is 1. The van der Waals surface area contributed by atoms with Gasteiger partial charge in [0.25, 0.3) is 0 Å². The number of aromatic carboxylic acids is 1. The second kappa shape index (κ2) is 7.45. The molecule has 126 valence electrons. The van der Waals surface area contributed by atoms with Gasteiger partial charge in [-0.1, -0.05) is 31.5 Å². The van der Waals surface area contributed by atoms with Crippen molar-refractivity contribution < 1.29 is 9.90 Å². The van der Waals surface area contributed by atoms with Crippen LogP contribution in [0.5, 0.6) is 0 Å². The smallest absolute Gasteiger partial charge is 0.336 e. The summed E-state index contributed by atoms with van der Waals surface area (Å²) < 4.78 is 0. The summed E-state index contributed by atoms with van der Waals surface area (Å²) in [6.07, 6.45) is 7.47. The van der Waals surface area contributed by atoms with Crippen molar-refractivity contribution in [3.05, 3.63) is 35.4 Å². The fourth-order valence-electron chi connectivity index (χ4n) is 3.81. The van der Waals surface area contributed by atoms with Crippen molar-refractivity contribution in [1.82, 2.24) is 10.6 Å². The van der Waals surface area contributed by atoms with Gasteiger partial charge in [0.15, 0.2) is 0 Å². The molecule has 2 atom stereocenters. The Kier molecular flexibility index (Phi) is 5.34. The highest BCUT2D eigenvalue weighted by atomic mass is 16.4. The van der Waals surface area contributed by atoms with Gasteiger partial charge in [-0.05, 0) is 49.7 Å². The molecule has 2 aliphatic carbocycles. The summed E-state index contributed by atoms with van der Waals surface area (Å²) in [4.78, 5) is 11.2. The number of rotatable bonds is 7. The second-order valence-electron chi connectivity index (χ2n) is 7.07. The van der Waals surface area contributed by atoms with Crippen LogP contribution in [0.25, 0.3) is 0 Å². The number of nitrogens with one attached hydrogen (secondary N) is 2. The van der Waals surface area contributed by atoms with Crippen LogP contribution in [0.15, 0.2) is 24.3 Å². The van der Waals surface area contributed by atoms with Crippen molar-refractivity contribution in [3.63, 3.8) is 0 Å². The largest absolute Gasteiger partial charge is 0.478 e. The quantitative estimate of drug-likeness (QED) is 0.723. The lowest BCUT2D eigenvalue weighted by Gasteiger charge is -2.30. The van der Waals surface area contributed by atoms with Crippen LogP contribution in [0.1, 0.15) is 61.4 Å². The van der Waals surface area contributed by atoms with Gasteiger partial charge in [0.2, 0.25) is 0 Å². The van der Waals surface area contributed by atoms with Gasteiger partial charge >= 0.3 is 5.97 Å². The first-order valence-electron chi connectivity index (χ1n) is 8.98. The van der Waals surface area contributed by atoms with Crippen molar-refractivity contribution in [2.75, 3.05) is 0 Å². The third-order valence-electron chi connectivity index (χ3n) is 5.45. The highest BCUT2D eigenvalue weighted by molar-refractivity contribution is 5.89. The average Bonchev–Trinajstić information content (AvgIpc) is 3.32. The fraction of sp³-hybridized carbons (Fsp3) is 0.632. The van der Waals surface area contributed by atoms with Gasteiger partial charge in [-0.3, -0.25) is 0 Å². The lowest BCUT2D eigenvalue weighted by molar-refractivity contribution is 0.0695. The Morgan fingerprint density at radius 1 is 1.17 bits per heavy atom. The predicted octanol–water partition coefficient (Wildman–Crippen LogP) is 3.17. The van der Waals surface area contributed by atoms with E-state index in [1.807, 2.05) is 12.1 Å². The molecule has 0 heterocycles. The minimum Gasteiger partial charge on any atom is -0.478 e. The predicted molar refractivity (Wildman–Crippen MR) is 91.6 cm³/mol. The van der Waals surface area contributed by atoms with Crippen LogP contribution in [0.4, 0.5) is 0 Å². The molecule has 0 spiro atoms. The molecular formula is C19H28N2O2. The number of carboxylic acids is 1. The molecular weight excluding hydrogens is 288 g/mol. The Hall–Kier alpha value is -1.39. The molecule has 0 aliphatic heterocycles. The van der Waals surface area contributed by atoms with E-state index in [0.29, 0.717) is 24.2 Å². The molecule has 3 N–H and O–H groups in total. The van der Waals surface area contributed by atoms with Gasteiger partial charge in [-0.2, -0.15) is 0 Å². The Morgan fingerprint density at radius 2 is 1.87 bits per heavy atom. The van der Waals surface area contributed by atoms with E-state index in [2.05, 4.69) is 17.6 Å². The Morgan fingerprint density at radius 3 is 2.52 bits per heavy atom. The fourth-order valence-corrected chi connectivity index (χ4v) is 3.81.